The van der Waals surface area contributed by atoms with Gasteiger partial charge in [0.05, 0.1) is 12.1 Å². The van der Waals surface area contributed by atoms with E-state index in [4.69, 9.17) is 5.11 Å². The molecule has 5 nitrogen and oxygen atoms in total. The zero-order valence-corrected chi connectivity index (χ0v) is 12.3. The Morgan fingerprint density at radius 1 is 1.40 bits per heavy atom. The topological polar surface area (TPSA) is 79.3 Å². The Kier molecular flexibility index (Phi) is 4.65. The van der Waals surface area contributed by atoms with Gasteiger partial charge in [0, 0.05) is 22.1 Å². The number of anilines is 1. The molecule has 0 saturated heterocycles. The second-order valence-corrected chi connectivity index (χ2v) is 6.02. The van der Waals surface area contributed by atoms with Crippen molar-refractivity contribution in [2.45, 2.75) is 13.3 Å². The molecular weight excluding hydrogens is 296 g/mol. The Bertz CT molecular complexity index is 602. The maximum Gasteiger partial charge on any atom is 0.308 e. The molecule has 2 heterocycles. The van der Waals surface area contributed by atoms with Crippen LogP contribution in [0, 0.1) is 0 Å². The summed E-state index contributed by atoms with van der Waals surface area (Å²) in [5, 5.41) is 13.7. The molecule has 2 rings (SSSR count). The number of nitrogens with one attached hydrogen (secondary N) is 1. The van der Waals surface area contributed by atoms with Crippen LogP contribution in [-0.2, 0) is 16.0 Å². The number of carbonyl (C=O) groups excluding carboxylic acids is 1. The van der Waals surface area contributed by atoms with Crippen LogP contribution in [0.5, 0.6) is 0 Å². The molecular formula is C13H12N2O3S2. The van der Waals surface area contributed by atoms with Crippen molar-refractivity contribution in [3.63, 3.8) is 0 Å². The van der Waals surface area contributed by atoms with Gasteiger partial charge in [-0.3, -0.25) is 9.59 Å². The molecule has 0 saturated carbocycles. The van der Waals surface area contributed by atoms with Crippen molar-refractivity contribution in [3.8, 4) is 0 Å². The molecule has 0 aliphatic rings. The number of rotatable bonds is 5. The number of thiophene rings is 1. The van der Waals surface area contributed by atoms with Crippen molar-refractivity contribution >= 4 is 51.8 Å². The summed E-state index contributed by atoms with van der Waals surface area (Å²) in [4.78, 5) is 27.5. The zero-order chi connectivity index (χ0) is 14.5. The van der Waals surface area contributed by atoms with Crippen LogP contribution >= 0.6 is 22.7 Å². The lowest BCUT2D eigenvalue weighted by molar-refractivity contribution is -0.136. The van der Waals surface area contributed by atoms with Crippen LogP contribution in [0.15, 0.2) is 17.5 Å². The number of carboxylic acid groups (broad SMARTS) is 1. The van der Waals surface area contributed by atoms with Crippen LogP contribution in [0.25, 0.3) is 12.2 Å². The Labute approximate surface area is 123 Å². The van der Waals surface area contributed by atoms with E-state index in [0.29, 0.717) is 5.13 Å². The average Bonchev–Trinajstić information content (AvgIpc) is 2.94. The molecule has 104 valence electrons. The molecule has 0 unspecified atom stereocenters. The van der Waals surface area contributed by atoms with Gasteiger partial charge in [0.15, 0.2) is 5.13 Å². The van der Waals surface area contributed by atoms with Crippen molar-refractivity contribution in [3.05, 3.63) is 33.0 Å². The van der Waals surface area contributed by atoms with E-state index in [1.165, 1.54) is 29.6 Å². The summed E-state index contributed by atoms with van der Waals surface area (Å²) >= 11 is 2.79. The largest absolute Gasteiger partial charge is 0.481 e. The van der Waals surface area contributed by atoms with Crippen molar-refractivity contribution < 1.29 is 14.7 Å². The van der Waals surface area contributed by atoms with Gasteiger partial charge in [-0.15, -0.1) is 22.7 Å². The Morgan fingerprint density at radius 3 is 2.90 bits per heavy atom. The van der Waals surface area contributed by atoms with E-state index in [-0.39, 0.29) is 12.3 Å². The molecule has 0 spiro atoms. The first kappa shape index (κ1) is 14.4. The smallest absolute Gasteiger partial charge is 0.308 e. The van der Waals surface area contributed by atoms with Gasteiger partial charge >= 0.3 is 5.97 Å². The highest BCUT2D eigenvalue weighted by molar-refractivity contribution is 7.14. The van der Waals surface area contributed by atoms with Crippen LogP contribution < -0.4 is 5.32 Å². The van der Waals surface area contributed by atoms with Gasteiger partial charge < -0.3 is 10.4 Å². The monoisotopic (exact) mass is 308 g/mol. The van der Waals surface area contributed by atoms with Gasteiger partial charge in [-0.05, 0) is 24.3 Å². The van der Waals surface area contributed by atoms with E-state index in [0.717, 1.165) is 15.4 Å². The van der Waals surface area contributed by atoms with E-state index in [2.05, 4.69) is 10.3 Å². The predicted octanol–water partition coefficient (Wildman–Crippen LogP) is 2.96. The maximum absolute atomic E-state index is 10.9. The van der Waals surface area contributed by atoms with E-state index in [1.54, 1.807) is 0 Å². The molecule has 0 radical (unpaired) electrons. The summed E-state index contributed by atoms with van der Waals surface area (Å²) in [6, 6.07) is 3.68. The molecule has 0 aromatic carbocycles. The summed E-state index contributed by atoms with van der Waals surface area (Å²) in [5.74, 6) is -0.978. The number of aromatic nitrogens is 1. The number of thiazole rings is 1. The minimum Gasteiger partial charge on any atom is -0.481 e. The standard InChI is InChI=1S/C13H12N2O3S2/c1-8(16)14-13-15-9(7-19-13)2-3-10-4-5-11(20-10)6-12(17)18/h2-5,7H,6H2,1H3,(H,17,18)(H,14,15,16). The quantitative estimate of drug-likeness (QED) is 0.890. The third kappa shape index (κ3) is 4.29. The molecule has 0 bridgehead atoms. The van der Waals surface area contributed by atoms with Crippen LogP contribution in [0.3, 0.4) is 0 Å². The van der Waals surface area contributed by atoms with Crippen molar-refractivity contribution in [2.75, 3.05) is 5.32 Å². The molecule has 0 atom stereocenters. The van der Waals surface area contributed by atoms with Crippen molar-refractivity contribution in [1.29, 1.82) is 0 Å². The van der Waals surface area contributed by atoms with Crippen molar-refractivity contribution in [1.82, 2.24) is 4.98 Å². The van der Waals surface area contributed by atoms with Gasteiger partial charge in [0.2, 0.25) is 5.91 Å². The molecule has 2 aromatic rings. The predicted molar refractivity (Wildman–Crippen MR) is 81.0 cm³/mol. The minimum atomic E-state index is -0.832. The highest BCUT2D eigenvalue weighted by Crippen LogP contribution is 2.21. The Hall–Kier alpha value is -1.99. The van der Waals surface area contributed by atoms with Gasteiger partial charge in [0.1, 0.15) is 0 Å². The van der Waals surface area contributed by atoms with Gasteiger partial charge in [-0.1, -0.05) is 0 Å². The Balaban J connectivity index is 2.01. The number of carbonyl (C=O) groups is 2. The summed E-state index contributed by atoms with van der Waals surface area (Å²) in [6.45, 7) is 1.44. The SMILES string of the molecule is CC(=O)Nc1nc(C=Cc2ccc(CC(=O)O)s2)cs1. The first-order valence-electron chi connectivity index (χ1n) is 5.74. The maximum atomic E-state index is 10.9. The molecule has 0 fully saturated rings. The fourth-order valence-corrected chi connectivity index (χ4v) is 3.10. The van der Waals surface area contributed by atoms with Crippen LogP contribution in [0.1, 0.15) is 22.4 Å². The third-order valence-corrected chi connectivity index (χ3v) is 4.06. The molecule has 2 aromatic heterocycles. The van der Waals surface area contributed by atoms with E-state index >= 15 is 0 Å². The van der Waals surface area contributed by atoms with E-state index in [1.807, 2.05) is 29.7 Å². The molecule has 0 aliphatic heterocycles. The Morgan fingerprint density at radius 2 is 2.20 bits per heavy atom. The molecule has 2 N–H and O–H groups in total. The van der Waals surface area contributed by atoms with Crippen molar-refractivity contribution in [2.24, 2.45) is 0 Å². The molecule has 0 aliphatic carbocycles. The van der Waals surface area contributed by atoms with Crippen LogP contribution in [0.4, 0.5) is 5.13 Å². The first-order valence-corrected chi connectivity index (χ1v) is 7.44. The summed E-state index contributed by atoms with van der Waals surface area (Å²) in [7, 11) is 0. The minimum absolute atomic E-state index is 0.0435. The summed E-state index contributed by atoms with van der Waals surface area (Å²) in [6.07, 6.45) is 3.75. The van der Waals surface area contributed by atoms with E-state index in [9.17, 15) is 9.59 Å². The number of carboxylic acids is 1. The normalized spacial score (nSPS) is 10.8. The lowest BCUT2D eigenvalue weighted by Gasteiger charge is -1.92. The second kappa shape index (κ2) is 6.44. The first-order chi connectivity index (χ1) is 9.52. The number of hydrogen-bond acceptors (Lipinski definition) is 5. The fraction of sp³-hybridized carbons (Fsp3) is 0.154. The van der Waals surface area contributed by atoms with Gasteiger partial charge in [-0.25, -0.2) is 4.98 Å². The number of hydrogen-bond donors (Lipinski definition) is 2. The van der Waals surface area contributed by atoms with E-state index < -0.39 is 5.97 Å². The number of amides is 1. The van der Waals surface area contributed by atoms with Gasteiger partial charge in [-0.2, -0.15) is 0 Å². The average molecular weight is 308 g/mol. The third-order valence-electron chi connectivity index (χ3n) is 2.23. The number of nitrogens with zero attached hydrogens (tertiary/aromatic N) is 1. The summed E-state index contributed by atoms with van der Waals surface area (Å²) < 4.78 is 0. The van der Waals surface area contributed by atoms with Crippen LogP contribution in [-0.4, -0.2) is 22.0 Å². The molecule has 1 amide bonds. The van der Waals surface area contributed by atoms with Gasteiger partial charge in [0.25, 0.3) is 0 Å². The second-order valence-electron chi connectivity index (χ2n) is 3.97. The zero-order valence-electron chi connectivity index (χ0n) is 10.6. The fourth-order valence-electron chi connectivity index (χ4n) is 1.47. The summed E-state index contributed by atoms with van der Waals surface area (Å²) in [5.41, 5.74) is 0.756. The number of aliphatic carboxylic acids is 1. The molecule has 20 heavy (non-hydrogen) atoms. The van der Waals surface area contributed by atoms with Crippen LogP contribution in [0.2, 0.25) is 0 Å². The lowest BCUT2D eigenvalue weighted by atomic mass is 10.3. The lowest BCUT2D eigenvalue weighted by Crippen LogP contribution is -2.04. The highest BCUT2D eigenvalue weighted by atomic mass is 32.1. The highest BCUT2D eigenvalue weighted by Gasteiger charge is 2.04. The molecule has 7 heteroatoms.